The number of aryl methyl sites for hydroxylation is 1. The van der Waals surface area contributed by atoms with Gasteiger partial charge in [0.1, 0.15) is 18.4 Å². The number of aliphatic hydroxyl groups excluding tert-OH is 2. The van der Waals surface area contributed by atoms with Crippen molar-refractivity contribution in [1.29, 1.82) is 0 Å². The lowest BCUT2D eigenvalue weighted by molar-refractivity contribution is -0.141. The topological polar surface area (TPSA) is 141 Å². The molecule has 208 valence electrons. The van der Waals surface area contributed by atoms with Gasteiger partial charge >= 0.3 is 5.69 Å². The van der Waals surface area contributed by atoms with Crippen LogP contribution in [0.5, 0.6) is 0 Å². The summed E-state index contributed by atoms with van der Waals surface area (Å²) in [5, 5.41) is 21.1. The molecule has 38 heavy (non-hydrogen) atoms. The number of ketones is 1. The molecule has 0 radical (unpaired) electrons. The van der Waals surface area contributed by atoms with E-state index in [1.54, 1.807) is 0 Å². The van der Waals surface area contributed by atoms with Crippen molar-refractivity contribution in [2.24, 2.45) is 0 Å². The van der Waals surface area contributed by atoms with Gasteiger partial charge in [0.25, 0.3) is 11.5 Å². The van der Waals surface area contributed by atoms with Gasteiger partial charge in [-0.2, -0.15) is 4.57 Å². The van der Waals surface area contributed by atoms with Gasteiger partial charge in [0.15, 0.2) is 5.78 Å². The number of nitrogens with zero attached hydrogens (tertiary/aromatic N) is 3. The molecule has 1 aliphatic rings. The minimum atomic E-state index is -1.54. The molecule has 0 aliphatic carbocycles. The molecule has 0 saturated carbocycles. The molecule has 10 nitrogen and oxygen atoms in total. The van der Waals surface area contributed by atoms with Crippen molar-refractivity contribution < 1.29 is 24.5 Å². The summed E-state index contributed by atoms with van der Waals surface area (Å²) in [5.74, 6) is -1.25. The molecule has 0 amide bonds. The minimum Gasteiger partial charge on any atom is -0.390 e. The van der Waals surface area contributed by atoms with Crippen molar-refractivity contribution >= 4 is 11.7 Å². The number of aliphatic hydroxyl groups is 2. The summed E-state index contributed by atoms with van der Waals surface area (Å²) in [7, 11) is 0. The normalized spacial score (nSPS) is 19.9. The summed E-state index contributed by atoms with van der Waals surface area (Å²) < 4.78 is 7.30. The van der Waals surface area contributed by atoms with Gasteiger partial charge in [-0.25, -0.2) is 4.79 Å². The second-order valence-corrected chi connectivity index (χ2v) is 10.0. The summed E-state index contributed by atoms with van der Waals surface area (Å²) in [4.78, 5) is 55.1. The quantitative estimate of drug-likeness (QED) is 0.356. The second kappa shape index (κ2) is 14.3. The van der Waals surface area contributed by atoms with Crippen LogP contribution in [0.2, 0.25) is 0 Å². The zero-order chi connectivity index (χ0) is 27.7. The van der Waals surface area contributed by atoms with E-state index < -0.39 is 47.5 Å². The van der Waals surface area contributed by atoms with Crippen LogP contribution in [-0.2, 0) is 9.53 Å². The van der Waals surface area contributed by atoms with Crippen LogP contribution in [0.25, 0.3) is 0 Å². The zero-order valence-corrected chi connectivity index (χ0v) is 22.3. The fraction of sp³-hybridized carbons (Fsp3) is 0.607. The Kier molecular flexibility index (Phi) is 11.1. The summed E-state index contributed by atoms with van der Waals surface area (Å²) in [5.41, 5.74) is -1.54. The van der Waals surface area contributed by atoms with Crippen LogP contribution in [0.4, 0.5) is 0 Å². The van der Waals surface area contributed by atoms with Crippen molar-refractivity contribution in [3.8, 4) is 0 Å². The van der Waals surface area contributed by atoms with Gasteiger partial charge in [0.05, 0.1) is 11.7 Å². The zero-order valence-electron chi connectivity index (χ0n) is 22.3. The summed E-state index contributed by atoms with van der Waals surface area (Å²) in [6.45, 7) is 3.65. The van der Waals surface area contributed by atoms with Crippen molar-refractivity contribution in [3.05, 3.63) is 62.7 Å². The fourth-order valence-electron chi connectivity index (χ4n) is 4.77. The van der Waals surface area contributed by atoms with Crippen LogP contribution in [0.3, 0.4) is 0 Å². The van der Waals surface area contributed by atoms with Gasteiger partial charge in [-0.05, 0) is 25.5 Å². The maximum Gasteiger partial charge on any atom is 0.340 e. The van der Waals surface area contributed by atoms with Crippen LogP contribution < -0.4 is 11.2 Å². The number of pyridine rings is 1. The molecule has 1 unspecified atom stereocenters. The number of hydrogen-bond donors (Lipinski definition) is 2. The van der Waals surface area contributed by atoms with Crippen molar-refractivity contribution in [2.75, 3.05) is 0 Å². The summed E-state index contributed by atoms with van der Waals surface area (Å²) >= 11 is 0. The number of unbranched alkanes of at least 4 members (excludes halogenated alkanes) is 8. The summed E-state index contributed by atoms with van der Waals surface area (Å²) in [6.07, 6.45) is 8.93. The standard InChI is InChI=1S/C28H39N3O7/c1-3-4-5-6-7-8-9-10-11-14-21(32)24(34)25-22(33)16-23(38-25)30-18-19(2)26(35)31(28(30)37)27(36)20-13-12-15-29-17-20/h12-13,15,17-18,22-25,33-34H,3-11,14,16H2,1-2H3/t22-,23+,24?,25-/m0/s1. The number of ether oxygens (including phenoxy) is 1. The maximum absolute atomic E-state index is 13.2. The highest BCUT2D eigenvalue weighted by molar-refractivity contribution is 5.95. The predicted molar refractivity (Wildman–Crippen MR) is 141 cm³/mol. The van der Waals surface area contributed by atoms with Crippen LogP contribution in [0.15, 0.2) is 40.3 Å². The Hall–Kier alpha value is -2.95. The number of hydrogen-bond acceptors (Lipinski definition) is 8. The molecule has 2 aromatic rings. The van der Waals surface area contributed by atoms with Crippen LogP contribution in [-0.4, -0.2) is 54.3 Å². The van der Waals surface area contributed by atoms with E-state index in [0.29, 0.717) is 11.0 Å². The van der Waals surface area contributed by atoms with E-state index in [2.05, 4.69) is 11.9 Å². The first-order valence-electron chi connectivity index (χ1n) is 13.6. The smallest absolute Gasteiger partial charge is 0.340 e. The Morgan fingerprint density at radius 3 is 2.39 bits per heavy atom. The Morgan fingerprint density at radius 1 is 1.11 bits per heavy atom. The van der Waals surface area contributed by atoms with Gasteiger partial charge < -0.3 is 14.9 Å². The molecule has 2 aromatic heterocycles. The number of carbonyl (C=O) groups excluding carboxylic acids is 2. The molecular weight excluding hydrogens is 490 g/mol. The first-order chi connectivity index (χ1) is 18.3. The largest absolute Gasteiger partial charge is 0.390 e. The van der Waals surface area contributed by atoms with Gasteiger partial charge in [-0.3, -0.25) is 23.9 Å². The molecule has 10 heteroatoms. The third kappa shape index (κ3) is 7.33. The average molecular weight is 530 g/mol. The number of aromatic nitrogens is 3. The van der Waals surface area contributed by atoms with Crippen LogP contribution >= 0.6 is 0 Å². The number of rotatable bonds is 14. The average Bonchev–Trinajstić information content (AvgIpc) is 3.30. The van der Waals surface area contributed by atoms with E-state index >= 15 is 0 Å². The highest BCUT2D eigenvalue weighted by Crippen LogP contribution is 2.30. The Bertz CT molecular complexity index is 1190. The molecule has 0 spiro atoms. The molecule has 1 fully saturated rings. The molecule has 3 heterocycles. The molecule has 3 rings (SSSR count). The van der Waals surface area contributed by atoms with Crippen molar-refractivity contribution in [2.45, 2.75) is 109 Å². The van der Waals surface area contributed by atoms with E-state index in [1.807, 2.05) is 0 Å². The minimum absolute atomic E-state index is 0.0617. The first kappa shape index (κ1) is 29.6. The van der Waals surface area contributed by atoms with Crippen molar-refractivity contribution in [1.82, 2.24) is 14.1 Å². The maximum atomic E-state index is 13.2. The van der Waals surface area contributed by atoms with E-state index in [1.165, 1.54) is 69.8 Å². The molecule has 2 N–H and O–H groups in total. The molecule has 4 atom stereocenters. The number of carbonyl (C=O) groups is 2. The van der Waals surface area contributed by atoms with E-state index in [9.17, 15) is 29.4 Å². The van der Waals surface area contributed by atoms with E-state index in [0.717, 1.165) is 23.8 Å². The summed E-state index contributed by atoms with van der Waals surface area (Å²) in [6, 6.07) is 2.95. The van der Waals surface area contributed by atoms with Gasteiger partial charge in [-0.1, -0.05) is 58.3 Å². The second-order valence-electron chi connectivity index (χ2n) is 10.0. The Morgan fingerprint density at radius 2 is 1.76 bits per heavy atom. The molecule has 0 bridgehead atoms. The molecule has 1 aliphatic heterocycles. The first-order valence-corrected chi connectivity index (χ1v) is 13.6. The highest BCUT2D eigenvalue weighted by atomic mass is 16.5. The lowest BCUT2D eigenvalue weighted by Gasteiger charge is -2.21. The fourth-order valence-corrected chi connectivity index (χ4v) is 4.77. The van der Waals surface area contributed by atoms with Crippen LogP contribution in [0, 0.1) is 6.92 Å². The van der Waals surface area contributed by atoms with Crippen molar-refractivity contribution in [3.63, 3.8) is 0 Å². The van der Waals surface area contributed by atoms with Crippen LogP contribution in [0.1, 0.15) is 99.7 Å². The number of Topliss-reactive ketones (excluding diaryl/α,β-unsaturated/α-hetero) is 1. The third-order valence-electron chi connectivity index (χ3n) is 7.01. The van der Waals surface area contributed by atoms with E-state index in [-0.39, 0.29) is 24.0 Å². The highest BCUT2D eigenvalue weighted by Gasteiger charge is 2.42. The molecule has 1 saturated heterocycles. The SMILES string of the molecule is CCCCCCCCCCCC(=O)C(O)[C@H]1O[C@@H](n2cc(C)c(=O)n(C(=O)c3cccnc3)c2=O)C[C@@H]1O. The monoisotopic (exact) mass is 529 g/mol. The lowest BCUT2D eigenvalue weighted by Crippen LogP contribution is -2.45. The molecule has 0 aromatic carbocycles. The predicted octanol–water partition coefficient (Wildman–Crippen LogP) is 2.90. The Balaban J connectivity index is 1.61. The Labute approximate surface area is 222 Å². The third-order valence-corrected chi connectivity index (χ3v) is 7.01. The van der Waals surface area contributed by atoms with Gasteiger partial charge in [0.2, 0.25) is 0 Å². The lowest BCUT2D eigenvalue weighted by atomic mass is 9.99. The van der Waals surface area contributed by atoms with E-state index in [4.69, 9.17) is 4.74 Å². The molecular formula is C28H39N3O7. The van der Waals surface area contributed by atoms with Gasteiger partial charge in [0, 0.05) is 37.0 Å². The van der Waals surface area contributed by atoms with Gasteiger partial charge in [-0.15, -0.1) is 0 Å².